The molecule has 0 amide bonds. The van der Waals surface area contributed by atoms with E-state index in [1.54, 1.807) is 0 Å². The maximum atomic E-state index is 5.23. The number of hydrogen-bond acceptors (Lipinski definition) is 3. The van der Waals surface area contributed by atoms with Crippen LogP contribution in [-0.4, -0.2) is 15.0 Å². The molecule has 0 bridgehead atoms. The first-order valence-electron chi connectivity index (χ1n) is 18.2. The number of nitrogens with zero attached hydrogens (tertiary/aromatic N) is 3. The van der Waals surface area contributed by atoms with Crippen molar-refractivity contribution in [2.24, 2.45) is 0 Å². The van der Waals surface area contributed by atoms with E-state index in [-0.39, 0.29) is 0 Å². The summed E-state index contributed by atoms with van der Waals surface area (Å²) in [4.78, 5) is 15.6. The minimum absolute atomic E-state index is 0.620. The van der Waals surface area contributed by atoms with Gasteiger partial charge in [-0.1, -0.05) is 206 Å². The van der Waals surface area contributed by atoms with Gasteiger partial charge in [0, 0.05) is 22.3 Å². The van der Waals surface area contributed by atoms with Crippen molar-refractivity contribution in [2.75, 3.05) is 0 Å². The summed E-state index contributed by atoms with van der Waals surface area (Å²) in [7, 11) is 0. The first-order chi connectivity index (χ1) is 26.8. The van der Waals surface area contributed by atoms with Crippen molar-refractivity contribution in [1.29, 1.82) is 0 Å². The van der Waals surface area contributed by atoms with Crippen LogP contribution in [0.3, 0.4) is 0 Å². The molecule has 0 aliphatic rings. The molecule has 0 radical (unpaired) electrons. The Bertz CT molecular complexity index is 2550. The highest BCUT2D eigenvalue weighted by molar-refractivity contribution is 5.94. The average molecular weight is 690 g/mol. The lowest BCUT2D eigenvalue weighted by molar-refractivity contribution is 1.07. The maximum absolute atomic E-state index is 5.23. The molecule has 0 fully saturated rings. The fourth-order valence-corrected chi connectivity index (χ4v) is 7.03. The molecule has 0 aliphatic carbocycles. The van der Waals surface area contributed by atoms with Gasteiger partial charge in [0.2, 0.25) is 0 Å². The molecule has 0 unspecified atom stereocenters. The molecule has 0 N–H and O–H groups in total. The van der Waals surface area contributed by atoms with Gasteiger partial charge in [0.05, 0.1) is 0 Å². The van der Waals surface area contributed by atoms with Crippen LogP contribution in [0, 0.1) is 0 Å². The molecule has 0 spiro atoms. The fourth-order valence-electron chi connectivity index (χ4n) is 7.03. The standard InChI is InChI=1S/C51H35N3/c1-5-15-36(16-6-1)39-27-31-42(32-28-39)49-52-50(43-33-29-40(30-34-43)37-17-7-2-8-18-37)54-51(53-49)47-26-14-25-46(48(47)41-21-11-4-12-22-41)45-24-13-23-44(35-45)38-19-9-3-10-20-38/h1-35H. The minimum Gasteiger partial charge on any atom is -0.208 e. The first-order valence-corrected chi connectivity index (χ1v) is 18.2. The van der Waals surface area contributed by atoms with Crippen molar-refractivity contribution in [2.45, 2.75) is 0 Å². The van der Waals surface area contributed by atoms with E-state index in [0.717, 1.165) is 50.1 Å². The molecule has 3 heteroatoms. The summed E-state index contributed by atoms with van der Waals surface area (Å²) in [5.41, 5.74) is 14.2. The zero-order chi connectivity index (χ0) is 36.1. The van der Waals surface area contributed by atoms with Gasteiger partial charge in [-0.15, -0.1) is 0 Å². The average Bonchev–Trinajstić information content (AvgIpc) is 3.27. The Kier molecular flexibility index (Phi) is 8.94. The highest BCUT2D eigenvalue weighted by Crippen LogP contribution is 2.41. The highest BCUT2D eigenvalue weighted by atomic mass is 15.0. The van der Waals surface area contributed by atoms with Crippen LogP contribution in [0.4, 0.5) is 0 Å². The Labute approximate surface area is 316 Å². The molecule has 0 saturated carbocycles. The number of aromatic nitrogens is 3. The van der Waals surface area contributed by atoms with Crippen LogP contribution >= 0.6 is 0 Å². The lowest BCUT2D eigenvalue weighted by Crippen LogP contribution is -2.02. The lowest BCUT2D eigenvalue weighted by Gasteiger charge is -2.17. The number of benzene rings is 8. The Morgan fingerprint density at radius 1 is 0.204 bits per heavy atom. The van der Waals surface area contributed by atoms with Crippen LogP contribution in [0.25, 0.3) is 89.8 Å². The molecule has 0 aliphatic heterocycles. The number of hydrogen-bond donors (Lipinski definition) is 0. The third-order valence-corrected chi connectivity index (χ3v) is 9.78. The van der Waals surface area contributed by atoms with Crippen LogP contribution in [0.15, 0.2) is 212 Å². The number of rotatable bonds is 8. The van der Waals surface area contributed by atoms with E-state index >= 15 is 0 Å². The molecule has 9 aromatic rings. The molecule has 9 rings (SSSR count). The molecule has 0 saturated heterocycles. The van der Waals surface area contributed by atoms with E-state index in [0.29, 0.717) is 17.5 Å². The minimum atomic E-state index is 0.620. The van der Waals surface area contributed by atoms with E-state index in [1.807, 2.05) is 12.1 Å². The van der Waals surface area contributed by atoms with E-state index in [9.17, 15) is 0 Å². The van der Waals surface area contributed by atoms with E-state index in [4.69, 9.17) is 15.0 Å². The zero-order valence-electron chi connectivity index (χ0n) is 29.5. The molecule has 1 aromatic heterocycles. The van der Waals surface area contributed by atoms with Crippen molar-refractivity contribution < 1.29 is 0 Å². The van der Waals surface area contributed by atoms with Gasteiger partial charge in [-0.25, -0.2) is 15.0 Å². The summed E-state index contributed by atoms with van der Waals surface area (Å²) in [6.07, 6.45) is 0. The smallest absolute Gasteiger partial charge is 0.164 e. The molecule has 0 atom stereocenters. The van der Waals surface area contributed by atoms with Crippen molar-refractivity contribution >= 4 is 0 Å². The quantitative estimate of drug-likeness (QED) is 0.159. The van der Waals surface area contributed by atoms with Crippen LogP contribution in [0.2, 0.25) is 0 Å². The molecule has 8 aromatic carbocycles. The molecule has 254 valence electrons. The molecule has 54 heavy (non-hydrogen) atoms. The molecule has 3 nitrogen and oxygen atoms in total. The summed E-state index contributed by atoms with van der Waals surface area (Å²) < 4.78 is 0. The second-order valence-electron chi connectivity index (χ2n) is 13.2. The summed E-state index contributed by atoms with van der Waals surface area (Å²) >= 11 is 0. The third-order valence-electron chi connectivity index (χ3n) is 9.78. The van der Waals surface area contributed by atoms with Gasteiger partial charge < -0.3 is 0 Å². The van der Waals surface area contributed by atoms with Crippen LogP contribution in [0.5, 0.6) is 0 Å². The van der Waals surface area contributed by atoms with Gasteiger partial charge in [-0.2, -0.15) is 0 Å². The van der Waals surface area contributed by atoms with Gasteiger partial charge >= 0.3 is 0 Å². The van der Waals surface area contributed by atoms with Crippen LogP contribution in [0.1, 0.15) is 0 Å². The molecular formula is C51H35N3. The highest BCUT2D eigenvalue weighted by Gasteiger charge is 2.19. The predicted octanol–water partition coefficient (Wildman–Crippen LogP) is 13.2. The maximum Gasteiger partial charge on any atom is 0.164 e. The Balaban J connectivity index is 1.22. The van der Waals surface area contributed by atoms with Crippen molar-refractivity contribution in [3.8, 4) is 89.8 Å². The van der Waals surface area contributed by atoms with E-state index in [1.165, 1.54) is 22.3 Å². The Morgan fingerprint density at radius 3 is 1.04 bits per heavy atom. The van der Waals surface area contributed by atoms with Gasteiger partial charge in [0.1, 0.15) is 0 Å². The zero-order valence-corrected chi connectivity index (χ0v) is 29.5. The first kappa shape index (κ1) is 32.7. The summed E-state index contributed by atoms with van der Waals surface area (Å²) in [6.45, 7) is 0. The topological polar surface area (TPSA) is 38.7 Å². The second kappa shape index (κ2) is 14.8. The van der Waals surface area contributed by atoms with Gasteiger partial charge in [-0.3, -0.25) is 0 Å². The van der Waals surface area contributed by atoms with Crippen molar-refractivity contribution in [1.82, 2.24) is 15.0 Å². The van der Waals surface area contributed by atoms with Crippen molar-refractivity contribution in [3.05, 3.63) is 212 Å². The van der Waals surface area contributed by atoms with Gasteiger partial charge in [0.15, 0.2) is 17.5 Å². The SMILES string of the molecule is c1ccc(-c2ccc(-c3nc(-c4ccc(-c5ccccc5)cc4)nc(-c4cccc(-c5cccc(-c6ccccc6)c5)c4-c4ccccc4)n3)cc2)cc1. The van der Waals surface area contributed by atoms with Crippen LogP contribution < -0.4 is 0 Å². The summed E-state index contributed by atoms with van der Waals surface area (Å²) in [5.74, 6) is 1.86. The van der Waals surface area contributed by atoms with Gasteiger partial charge in [0.25, 0.3) is 0 Å². The third kappa shape index (κ3) is 6.74. The fraction of sp³-hybridized carbons (Fsp3) is 0. The van der Waals surface area contributed by atoms with Crippen LogP contribution in [-0.2, 0) is 0 Å². The van der Waals surface area contributed by atoms with E-state index in [2.05, 4.69) is 200 Å². The monoisotopic (exact) mass is 689 g/mol. The molecular weight excluding hydrogens is 655 g/mol. The predicted molar refractivity (Wildman–Crippen MR) is 223 cm³/mol. The second-order valence-corrected chi connectivity index (χ2v) is 13.2. The Hall–Kier alpha value is -7.23. The summed E-state index contributed by atoms with van der Waals surface area (Å²) in [5, 5.41) is 0. The lowest BCUT2D eigenvalue weighted by atomic mass is 9.89. The largest absolute Gasteiger partial charge is 0.208 e. The van der Waals surface area contributed by atoms with Crippen molar-refractivity contribution in [3.63, 3.8) is 0 Å². The molecule has 1 heterocycles. The normalized spacial score (nSPS) is 11.0. The summed E-state index contributed by atoms with van der Waals surface area (Å²) in [6, 6.07) is 74.1. The Morgan fingerprint density at radius 2 is 0.537 bits per heavy atom. The van der Waals surface area contributed by atoms with Gasteiger partial charge in [-0.05, 0) is 56.1 Å². The van der Waals surface area contributed by atoms with E-state index < -0.39 is 0 Å².